The van der Waals surface area contributed by atoms with E-state index < -0.39 is 0 Å². The molecule has 24 heavy (non-hydrogen) atoms. The molecule has 0 fully saturated rings. The molecule has 0 bridgehead atoms. The van der Waals surface area contributed by atoms with Crippen LogP contribution >= 0.6 is 0 Å². The van der Waals surface area contributed by atoms with Crippen molar-refractivity contribution in [3.05, 3.63) is 53.3 Å². The van der Waals surface area contributed by atoms with E-state index in [1.54, 1.807) is 0 Å². The molecular weight excluding hydrogens is 298 g/mol. The van der Waals surface area contributed by atoms with Gasteiger partial charge in [-0.15, -0.1) is 0 Å². The zero-order valence-electron chi connectivity index (χ0n) is 14.7. The van der Waals surface area contributed by atoms with Gasteiger partial charge in [0.1, 0.15) is 0 Å². The van der Waals surface area contributed by atoms with E-state index in [-0.39, 0.29) is 0 Å². The van der Waals surface area contributed by atoms with Crippen molar-refractivity contribution in [2.45, 2.75) is 32.7 Å². The van der Waals surface area contributed by atoms with Crippen molar-refractivity contribution in [3.8, 4) is 0 Å². The van der Waals surface area contributed by atoms with Gasteiger partial charge >= 0.3 is 0 Å². The fraction of sp³-hybridized carbons (Fsp3) is 0.474. The first-order valence-electron chi connectivity index (χ1n) is 8.84. The minimum Gasteiger partial charge on any atom is -0.357 e. The Morgan fingerprint density at radius 2 is 2.12 bits per heavy atom. The molecule has 5 nitrogen and oxygen atoms in total. The van der Waals surface area contributed by atoms with Crippen LogP contribution in [-0.4, -0.2) is 40.3 Å². The van der Waals surface area contributed by atoms with Crippen LogP contribution in [0.3, 0.4) is 0 Å². The van der Waals surface area contributed by atoms with Gasteiger partial charge in [-0.1, -0.05) is 24.3 Å². The Kier molecular flexibility index (Phi) is 5.51. The molecule has 0 amide bonds. The highest BCUT2D eigenvalue weighted by atomic mass is 15.3. The lowest BCUT2D eigenvalue weighted by Gasteiger charge is -2.31. The summed E-state index contributed by atoms with van der Waals surface area (Å²) in [5.74, 6) is 1.04. The Labute approximate surface area is 144 Å². The summed E-state index contributed by atoms with van der Waals surface area (Å²) < 4.78 is 1.86. The summed E-state index contributed by atoms with van der Waals surface area (Å²) in [4.78, 5) is 7.21. The summed E-state index contributed by atoms with van der Waals surface area (Å²) in [5, 5.41) is 7.66. The molecule has 5 heteroatoms. The van der Waals surface area contributed by atoms with Gasteiger partial charge in [-0.25, -0.2) is 0 Å². The monoisotopic (exact) mass is 325 g/mol. The molecule has 128 valence electrons. The van der Waals surface area contributed by atoms with Crippen molar-refractivity contribution in [3.63, 3.8) is 0 Å². The topological polar surface area (TPSA) is 45.5 Å². The SMILES string of the molecule is CCNC(=NCCCc1cnn(C)c1)N1CCc2ccccc2C1. The lowest BCUT2D eigenvalue weighted by atomic mass is 10.0. The van der Waals surface area contributed by atoms with Gasteiger partial charge in [-0.2, -0.15) is 5.10 Å². The van der Waals surface area contributed by atoms with Crippen LogP contribution in [0.1, 0.15) is 30.0 Å². The largest absolute Gasteiger partial charge is 0.357 e. The molecule has 1 aliphatic heterocycles. The smallest absolute Gasteiger partial charge is 0.194 e. The maximum Gasteiger partial charge on any atom is 0.194 e. The number of nitrogens with zero attached hydrogens (tertiary/aromatic N) is 4. The molecule has 0 unspecified atom stereocenters. The predicted molar refractivity (Wildman–Crippen MR) is 98.1 cm³/mol. The van der Waals surface area contributed by atoms with E-state index in [1.165, 1.54) is 16.7 Å². The zero-order valence-corrected chi connectivity index (χ0v) is 14.7. The van der Waals surface area contributed by atoms with Gasteiger partial charge in [-0.05, 0) is 42.9 Å². The number of hydrogen-bond donors (Lipinski definition) is 1. The third-order valence-corrected chi connectivity index (χ3v) is 4.41. The van der Waals surface area contributed by atoms with E-state index in [1.807, 2.05) is 17.9 Å². The lowest BCUT2D eigenvalue weighted by Crippen LogP contribution is -2.44. The molecule has 0 saturated carbocycles. The number of aliphatic imine (C=N–C) groups is 1. The minimum atomic E-state index is 0.843. The molecule has 0 spiro atoms. The first kappa shape index (κ1) is 16.6. The van der Waals surface area contributed by atoms with E-state index in [2.05, 4.69) is 52.7 Å². The number of fused-ring (bicyclic) bond motifs is 1. The molecule has 1 aromatic carbocycles. The van der Waals surface area contributed by atoms with Crippen LogP contribution in [0.2, 0.25) is 0 Å². The maximum atomic E-state index is 4.84. The number of nitrogens with one attached hydrogen (secondary N) is 1. The van der Waals surface area contributed by atoms with Crippen LogP contribution in [-0.2, 0) is 26.4 Å². The second-order valence-corrected chi connectivity index (χ2v) is 6.30. The van der Waals surface area contributed by atoms with Crippen molar-refractivity contribution in [1.82, 2.24) is 20.0 Å². The van der Waals surface area contributed by atoms with E-state index in [0.717, 1.165) is 51.4 Å². The standard InChI is InChI=1S/C19H27N5/c1-3-20-19(21-11-6-7-16-13-22-23(2)14-16)24-12-10-17-8-4-5-9-18(17)15-24/h4-5,8-9,13-14H,3,6-7,10-12,15H2,1-2H3,(H,20,21). The maximum absolute atomic E-state index is 4.84. The first-order chi connectivity index (χ1) is 11.8. The number of guanidine groups is 1. The molecule has 2 aromatic rings. The van der Waals surface area contributed by atoms with Gasteiger partial charge < -0.3 is 10.2 Å². The fourth-order valence-corrected chi connectivity index (χ4v) is 3.17. The molecule has 0 aliphatic carbocycles. The molecule has 2 heterocycles. The summed E-state index contributed by atoms with van der Waals surface area (Å²) in [6.45, 7) is 5.86. The van der Waals surface area contributed by atoms with Gasteiger partial charge in [0.15, 0.2) is 5.96 Å². The molecular formula is C19H27N5. The molecule has 1 aromatic heterocycles. The fourth-order valence-electron chi connectivity index (χ4n) is 3.17. The van der Waals surface area contributed by atoms with Crippen LogP contribution in [0.5, 0.6) is 0 Å². The lowest BCUT2D eigenvalue weighted by molar-refractivity contribution is 0.378. The molecule has 0 saturated heterocycles. The highest BCUT2D eigenvalue weighted by Crippen LogP contribution is 2.18. The van der Waals surface area contributed by atoms with Crippen LogP contribution in [0, 0.1) is 0 Å². The number of rotatable bonds is 5. The van der Waals surface area contributed by atoms with Crippen molar-refractivity contribution in [2.75, 3.05) is 19.6 Å². The number of hydrogen-bond acceptors (Lipinski definition) is 2. The highest BCUT2D eigenvalue weighted by molar-refractivity contribution is 5.80. The minimum absolute atomic E-state index is 0.843. The third-order valence-electron chi connectivity index (χ3n) is 4.41. The molecule has 1 N–H and O–H groups in total. The van der Waals surface area contributed by atoms with E-state index in [9.17, 15) is 0 Å². The molecule has 3 rings (SSSR count). The number of aryl methyl sites for hydroxylation is 2. The van der Waals surface area contributed by atoms with E-state index in [0.29, 0.717) is 0 Å². The second kappa shape index (κ2) is 7.99. The van der Waals surface area contributed by atoms with Crippen molar-refractivity contribution in [1.29, 1.82) is 0 Å². The van der Waals surface area contributed by atoms with Gasteiger partial charge in [0.05, 0.1) is 6.20 Å². The van der Waals surface area contributed by atoms with Crippen molar-refractivity contribution >= 4 is 5.96 Å². The van der Waals surface area contributed by atoms with Gasteiger partial charge in [0.25, 0.3) is 0 Å². The van der Waals surface area contributed by atoms with Crippen LogP contribution < -0.4 is 5.32 Å². The Morgan fingerprint density at radius 1 is 1.29 bits per heavy atom. The second-order valence-electron chi connectivity index (χ2n) is 6.30. The third kappa shape index (κ3) is 4.16. The van der Waals surface area contributed by atoms with Crippen LogP contribution in [0.25, 0.3) is 0 Å². The summed E-state index contributed by atoms with van der Waals surface area (Å²) in [5.41, 5.74) is 4.18. The molecule has 0 radical (unpaired) electrons. The zero-order chi connectivity index (χ0) is 16.8. The Morgan fingerprint density at radius 3 is 2.88 bits per heavy atom. The molecule has 1 aliphatic rings. The average molecular weight is 325 g/mol. The van der Waals surface area contributed by atoms with Crippen molar-refractivity contribution < 1.29 is 0 Å². The van der Waals surface area contributed by atoms with Crippen LogP contribution in [0.15, 0.2) is 41.7 Å². The van der Waals surface area contributed by atoms with E-state index >= 15 is 0 Å². The summed E-state index contributed by atoms with van der Waals surface area (Å²) in [6, 6.07) is 8.73. The first-order valence-corrected chi connectivity index (χ1v) is 8.84. The highest BCUT2D eigenvalue weighted by Gasteiger charge is 2.18. The Hall–Kier alpha value is -2.30. The summed E-state index contributed by atoms with van der Waals surface area (Å²) >= 11 is 0. The summed E-state index contributed by atoms with van der Waals surface area (Å²) in [7, 11) is 1.96. The predicted octanol–water partition coefficient (Wildman–Crippen LogP) is 2.38. The van der Waals surface area contributed by atoms with Crippen LogP contribution in [0.4, 0.5) is 0 Å². The number of aromatic nitrogens is 2. The van der Waals surface area contributed by atoms with E-state index in [4.69, 9.17) is 4.99 Å². The number of benzene rings is 1. The Bertz CT molecular complexity index is 689. The van der Waals surface area contributed by atoms with Gasteiger partial charge in [0.2, 0.25) is 0 Å². The average Bonchev–Trinajstić information content (AvgIpc) is 3.02. The summed E-state index contributed by atoms with van der Waals surface area (Å²) in [6.07, 6.45) is 7.19. The van der Waals surface area contributed by atoms with Gasteiger partial charge in [0, 0.05) is 39.4 Å². The quantitative estimate of drug-likeness (QED) is 0.521. The normalized spacial score (nSPS) is 14.6. The Balaban J connectivity index is 1.57. The van der Waals surface area contributed by atoms with Gasteiger partial charge in [-0.3, -0.25) is 9.67 Å². The van der Waals surface area contributed by atoms with Crippen molar-refractivity contribution in [2.24, 2.45) is 12.0 Å². The molecule has 0 atom stereocenters.